The fraction of sp³-hybridized carbons (Fsp3) is 0.533. The molecule has 20 heavy (non-hydrogen) atoms. The Morgan fingerprint density at radius 3 is 2.70 bits per heavy atom. The van der Waals surface area contributed by atoms with E-state index in [0.717, 1.165) is 32.4 Å². The molecule has 1 amide bonds. The van der Waals surface area contributed by atoms with Crippen molar-refractivity contribution >= 4 is 5.91 Å². The van der Waals surface area contributed by atoms with Gasteiger partial charge in [0.1, 0.15) is 11.6 Å². The second kappa shape index (κ2) is 6.79. The van der Waals surface area contributed by atoms with Crippen LogP contribution in [0.2, 0.25) is 0 Å². The highest BCUT2D eigenvalue weighted by atomic mass is 19.1. The maximum Gasteiger partial charge on any atom is 0.231 e. The number of nitrogens with zero attached hydrogens (tertiary/aromatic N) is 1. The number of nitrogens with two attached hydrogens (primary N) is 1. The first-order valence-electron chi connectivity index (χ1n) is 7.00. The van der Waals surface area contributed by atoms with Crippen LogP contribution in [0.3, 0.4) is 0 Å². The minimum atomic E-state index is -0.477. The van der Waals surface area contributed by atoms with Crippen molar-refractivity contribution in [3.63, 3.8) is 0 Å². The van der Waals surface area contributed by atoms with Crippen molar-refractivity contribution in [1.29, 1.82) is 0 Å². The van der Waals surface area contributed by atoms with Crippen LogP contribution in [0.5, 0.6) is 0 Å². The zero-order valence-corrected chi connectivity index (χ0v) is 11.4. The number of hydrogen-bond acceptors (Lipinski definition) is 2. The van der Waals surface area contributed by atoms with Crippen LogP contribution >= 0.6 is 0 Å². The average molecular weight is 282 g/mol. The van der Waals surface area contributed by atoms with Gasteiger partial charge in [-0.1, -0.05) is 6.07 Å². The lowest BCUT2D eigenvalue weighted by Crippen LogP contribution is -2.40. The monoisotopic (exact) mass is 282 g/mol. The summed E-state index contributed by atoms with van der Waals surface area (Å²) in [7, 11) is 0. The second-order valence-corrected chi connectivity index (χ2v) is 5.45. The number of likely N-dealkylation sites (tertiary alicyclic amines) is 1. The Bertz CT molecular complexity index is 459. The van der Waals surface area contributed by atoms with Gasteiger partial charge in [-0.05, 0) is 50.3 Å². The van der Waals surface area contributed by atoms with Crippen LogP contribution in [0.4, 0.5) is 8.78 Å². The number of primary amides is 1. The third-order valence-electron chi connectivity index (χ3n) is 3.85. The molecule has 0 aromatic heterocycles. The molecular weight excluding hydrogens is 262 g/mol. The molecule has 1 aliphatic rings. The van der Waals surface area contributed by atoms with E-state index in [2.05, 4.69) is 0 Å². The summed E-state index contributed by atoms with van der Waals surface area (Å²) >= 11 is 0. The van der Waals surface area contributed by atoms with Gasteiger partial charge in [-0.3, -0.25) is 9.69 Å². The Hall–Kier alpha value is -1.49. The van der Waals surface area contributed by atoms with Gasteiger partial charge in [-0.15, -0.1) is 0 Å². The molecule has 0 radical (unpaired) electrons. The van der Waals surface area contributed by atoms with Gasteiger partial charge >= 0.3 is 0 Å². The zero-order chi connectivity index (χ0) is 14.5. The molecule has 1 aromatic rings. The fourth-order valence-corrected chi connectivity index (χ4v) is 2.87. The first kappa shape index (κ1) is 14.9. The highest BCUT2D eigenvalue weighted by Gasteiger charge is 2.21. The maximum atomic E-state index is 13.5. The van der Waals surface area contributed by atoms with Crippen LogP contribution in [0, 0.1) is 17.6 Å². The number of carbonyl (C=O) groups excluding carboxylic acids is 1. The quantitative estimate of drug-likeness (QED) is 0.899. The first-order valence-corrected chi connectivity index (χ1v) is 7.00. The molecular formula is C15H20F2N2O. The molecule has 0 unspecified atom stereocenters. The number of rotatable bonds is 5. The van der Waals surface area contributed by atoms with E-state index in [-0.39, 0.29) is 18.0 Å². The van der Waals surface area contributed by atoms with Gasteiger partial charge in [0.2, 0.25) is 5.91 Å². The summed E-state index contributed by atoms with van der Waals surface area (Å²) in [5.41, 5.74) is 5.36. The van der Waals surface area contributed by atoms with Crippen LogP contribution in [0.1, 0.15) is 24.8 Å². The summed E-state index contributed by atoms with van der Waals surface area (Å²) in [6, 6.07) is 3.96. The van der Waals surface area contributed by atoms with E-state index in [1.165, 1.54) is 18.2 Å². The molecule has 1 aliphatic heterocycles. The molecule has 3 nitrogen and oxygen atoms in total. The summed E-state index contributed by atoms with van der Waals surface area (Å²) in [6.07, 6.45) is 3.16. The summed E-state index contributed by atoms with van der Waals surface area (Å²) < 4.78 is 27.1. The number of piperidine rings is 1. The molecule has 0 aliphatic carbocycles. The van der Waals surface area contributed by atoms with Gasteiger partial charge in [0.25, 0.3) is 0 Å². The van der Waals surface area contributed by atoms with Crippen molar-refractivity contribution < 1.29 is 13.6 Å². The van der Waals surface area contributed by atoms with E-state index in [4.69, 9.17) is 5.73 Å². The summed E-state index contributed by atoms with van der Waals surface area (Å²) in [6.45, 7) is 1.91. The molecule has 0 spiro atoms. The molecule has 1 fully saturated rings. The molecule has 0 saturated carbocycles. The van der Waals surface area contributed by atoms with Crippen LogP contribution in [-0.4, -0.2) is 30.4 Å². The van der Waals surface area contributed by atoms with Crippen LogP contribution in [-0.2, 0) is 11.2 Å². The number of hydrogen-bond donors (Lipinski definition) is 1. The Balaban J connectivity index is 1.89. The number of carbonyl (C=O) groups is 1. The van der Waals surface area contributed by atoms with Crippen molar-refractivity contribution in [3.8, 4) is 0 Å². The van der Waals surface area contributed by atoms with Crippen molar-refractivity contribution in [2.24, 2.45) is 11.7 Å². The third-order valence-corrected chi connectivity index (χ3v) is 3.85. The Morgan fingerprint density at radius 1 is 1.35 bits per heavy atom. The summed E-state index contributed by atoms with van der Waals surface area (Å²) in [5.74, 6) is -0.919. The largest absolute Gasteiger partial charge is 0.369 e. The molecule has 1 atom stereocenters. The zero-order valence-electron chi connectivity index (χ0n) is 11.4. The van der Waals surface area contributed by atoms with Gasteiger partial charge in [-0.2, -0.15) is 0 Å². The minimum Gasteiger partial charge on any atom is -0.369 e. The van der Waals surface area contributed by atoms with Crippen molar-refractivity contribution in [2.45, 2.75) is 25.7 Å². The Morgan fingerprint density at radius 2 is 2.05 bits per heavy atom. The number of halogens is 2. The van der Waals surface area contributed by atoms with E-state index in [9.17, 15) is 13.6 Å². The van der Waals surface area contributed by atoms with Gasteiger partial charge in [0.15, 0.2) is 0 Å². The SMILES string of the molecule is NC(=O)CN1CCC[C@H](CCc2c(F)cccc2F)C1. The molecule has 1 aromatic carbocycles. The van der Waals surface area contributed by atoms with E-state index >= 15 is 0 Å². The summed E-state index contributed by atoms with van der Waals surface area (Å²) in [4.78, 5) is 12.9. The van der Waals surface area contributed by atoms with E-state index in [1.807, 2.05) is 4.90 Å². The van der Waals surface area contributed by atoms with Crippen LogP contribution in [0.15, 0.2) is 18.2 Å². The van der Waals surface area contributed by atoms with E-state index in [1.54, 1.807) is 0 Å². The van der Waals surface area contributed by atoms with Gasteiger partial charge in [0, 0.05) is 12.1 Å². The lowest BCUT2D eigenvalue weighted by molar-refractivity contribution is -0.119. The molecule has 0 bridgehead atoms. The normalized spacial score (nSPS) is 20.0. The second-order valence-electron chi connectivity index (χ2n) is 5.45. The molecule has 110 valence electrons. The number of benzene rings is 1. The van der Waals surface area contributed by atoms with Crippen molar-refractivity contribution in [1.82, 2.24) is 4.90 Å². The lowest BCUT2D eigenvalue weighted by atomic mass is 9.91. The maximum absolute atomic E-state index is 13.5. The summed E-state index contributed by atoms with van der Waals surface area (Å²) in [5, 5.41) is 0. The third kappa shape index (κ3) is 4.00. The van der Waals surface area contributed by atoms with Gasteiger partial charge in [0.05, 0.1) is 6.54 Å². The average Bonchev–Trinajstić information content (AvgIpc) is 2.38. The lowest BCUT2D eigenvalue weighted by Gasteiger charge is -2.31. The standard InChI is InChI=1S/C15H20F2N2O/c16-13-4-1-5-14(17)12(13)7-6-11-3-2-8-19(9-11)10-15(18)20/h1,4-5,11H,2-3,6-10H2,(H2,18,20)/t11-/m1/s1. The Kier molecular flexibility index (Phi) is 5.06. The van der Waals surface area contributed by atoms with Gasteiger partial charge in [-0.25, -0.2) is 8.78 Å². The minimum absolute atomic E-state index is 0.166. The predicted molar refractivity (Wildman–Crippen MR) is 73.0 cm³/mol. The van der Waals surface area contributed by atoms with E-state index in [0.29, 0.717) is 12.3 Å². The first-order chi connectivity index (χ1) is 9.56. The molecule has 2 rings (SSSR count). The fourth-order valence-electron chi connectivity index (χ4n) is 2.87. The molecule has 1 saturated heterocycles. The Labute approximate surface area is 117 Å². The molecule has 5 heteroatoms. The van der Waals surface area contributed by atoms with Crippen LogP contribution in [0.25, 0.3) is 0 Å². The number of amides is 1. The molecule has 1 heterocycles. The topological polar surface area (TPSA) is 46.3 Å². The van der Waals surface area contributed by atoms with Gasteiger partial charge < -0.3 is 5.73 Å². The van der Waals surface area contributed by atoms with Crippen molar-refractivity contribution in [3.05, 3.63) is 35.4 Å². The highest BCUT2D eigenvalue weighted by molar-refractivity contribution is 5.75. The predicted octanol–water partition coefficient (Wildman–Crippen LogP) is 2.09. The van der Waals surface area contributed by atoms with Crippen molar-refractivity contribution in [2.75, 3.05) is 19.6 Å². The highest BCUT2D eigenvalue weighted by Crippen LogP contribution is 2.23. The van der Waals surface area contributed by atoms with E-state index < -0.39 is 11.6 Å². The van der Waals surface area contributed by atoms with Crippen LogP contribution < -0.4 is 5.73 Å². The molecule has 2 N–H and O–H groups in total. The smallest absolute Gasteiger partial charge is 0.231 e.